The van der Waals surface area contributed by atoms with Gasteiger partial charge in [-0.15, -0.1) is 0 Å². The molecule has 0 rings (SSSR count). The molecule has 0 aliphatic heterocycles. The molecule has 0 heterocycles. The second-order valence-corrected chi connectivity index (χ2v) is 14.5. The SMILES string of the molecule is CCCCCOCCCCC.CCCCCOCCCCC.CCCCCOCCCCC.CCCCCOCCCCC.O=CS(=O)(=O)C=O. The van der Waals surface area contributed by atoms with Gasteiger partial charge in [-0.1, -0.05) is 158 Å². The fraction of sp³-hybridized carbons (Fsp3) is 0.952. The molecule has 0 aromatic heterocycles. The number of carbonyl (C=O) groups excluding carboxylic acids is 2. The van der Waals surface area contributed by atoms with Crippen molar-refractivity contribution in [3.8, 4) is 0 Å². The minimum Gasteiger partial charge on any atom is -0.381 e. The van der Waals surface area contributed by atoms with E-state index in [0.717, 1.165) is 52.9 Å². The molecule has 0 aromatic carbocycles. The Hall–Kier alpha value is -0.870. The highest BCUT2D eigenvalue weighted by Gasteiger charge is 2.01. The Labute approximate surface area is 319 Å². The van der Waals surface area contributed by atoms with Crippen molar-refractivity contribution in [3.63, 3.8) is 0 Å². The third-order valence-corrected chi connectivity index (χ3v) is 7.94. The van der Waals surface area contributed by atoms with Gasteiger partial charge in [-0.05, 0) is 51.4 Å². The summed E-state index contributed by atoms with van der Waals surface area (Å²) in [4.78, 5) is 18.5. The fourth-order valence-corrected chi connectivity index (χ4v) is 4.11. The molecule has 0 saturated carbocycles. The lowest BCUT2D eigenvalue weighted by Crippen LogP contribution is -1.99. The molecule has 0 radical (unpaired) electrons. The van der Waals surface area contributed by atoms with Crippen LogP contribution in [0.25, 0.3) is 0 Å². The van der Waals surface area contributed by atoms with E-state index >= 15 is 0 Å². The maximum Gasteiger partial charge on any atom is 0.267 e. The Morgan fingerprint density at radius 1 is 0.294 bits per heavy atom. The van der Waals surface area contributed by atoms with Crippen LogP contribution >= 0.6 is 0 Å². The molecular formula is C42H90O8S. The van der Waals surface area contributed by atoms with Crippen LogP contribution in [0.2, 0.25) is 0 Å². The molecule has 0 atom stereocenters. The summed E-state index contributed by atoms with van der Waals surface area (Å²) in [6, 6.07) is 0. The summed E-state index contributed by atoms with van der Waals surface area (Å²) >= 11 is 0. The topological polar surface area (TPSA) is 105 Å². The van der Waals surface area contributed by atoms with Crippen molar-refractivity contribution >= 4 is 21.1 Å². The number of unbranched alkanes of at least 4 members (excludes halogenated alkanes) is 16. The first kappa shape index (κ1) is 59.4. The molecule has 0 aliphatic carbocycles. The highest BCUT2D eigenvalue weighted by molar-refractivity contribution is 8.15. The highest BCUT2D eigenvalue weighted by Crippen LogP contribution is 2.00. The molecule has 0 fully saturated rings. The van der Waals surface area contributed by atoms with E-state index in [9.17, 15) is 18.0 Å². The van der Waals surface area contributed by atoms with Crippen LogP contribution in [0.5, 0.6) is 0 Å². The number of sulfone groups is 1. The van der Waals surface area contributed by atoms with Crippen LogP contribution in [0.4, 0.5) is 0 Å². The predicted octanol–water partition coefficient (Wildman–Crippen LogP) is 12.3. The second-order valence-electron chi connectivity index (χ2n) is 12.9. The quantitative estimate of drug-likeness (QED) is 0.0472. The molecule has 0 spiro atoms. The number of carbonyl (C=O) groups is 2. The molecule has 0 amide bonds. The van der Waals surface area contributed by atoms with E-state index in [1.165, 1.54) is 154 Å². The lowest BCUT2D eigenvalue weighted by atomic mass is 10.2. The summed E-state index contributed by atoms with van der Waals surface area (Å²) in [6.45, 7) is 25.5. The van der Waals surface area contributed by atoms with E-state index in [-0.39, 0.29) is 0 Å². The molecular weight excluding hydrogens is 665 g/mol. The zero-order valence-electron chi connectivity index (χ0n) is 35.5. The van der Waals surface area contributed by atoms with Crippen molar-refractivity contribution in [3.05, 3.63) is 0 Å². The summed E-state index contributed by atoms with van der Waals surface area (Å²) in [5.74, 6) is 0. The first-order valence-electron chi connectivity index (χ1n) is 21.2. The van der Waals surface area contributed by atoms with E-state index in [1.807, 2.05) is 0 Å². The molecule has 8 nitrogen and oxygen atoms in total. The van der Waals surface area contributed by atoms with Crippen LogP contribution in [0.3, 0.4) is 0 Å². The molecule has 0 saturated heterocycles. The molecule has 312 valence electrons. The summed E-state index contributed by atoms with van der Waals surface area (Å²) in [7, 11) is -4.02. The Morgan fingerprint density at radius 2 is 0.431 bits per heavy atom. The largest absolute Gasteiger partial charge is 0.381 e. The minimum atomic E-state index is -4.02. The number of hydrogen-bond donors (Lipinski definition) is 0. The van der Waals surface area contributed by atoms with Crippen molar-refractivity contribution in [2.24, 2.45) is 0 Å². The number of ether oxygens (including phenoxy) is 4. The van der Waals surface area contributed by atoms with Gasteiger partial charge in [0.1, 0.15) is 0 Å². The van der Waals surface area contributed by atoms with Crippen LogP contribution in [0.15, 0.2) is 0 Å². The summed E-state index contributed by atoms with van der Waals surface area (Å²) < 4.78 is 41.0. The summed E-state index contributed by atoms with van der Waals surface area (Å²) in [5, 5.41) is 0. The molecule has 51 heavy (non-hydrogen) atoms. The fourth-order valence-electron chi connectivity index (χ4n) is 4.06. The second kappa shape index (κ2) is 61.2. The third-order valence-electron chi connectivity index (χ3n) is 7.41. The van der Waals surface area contributed by atoms with Gasteiger partial charge >= 0.3 is 0 Å². The smallest absolute Gasteiger partial charge is 0.267 e. The van der Waals surface area contributed by atoms with E-state index in [2.05, 4.69) is 55.4 Å². The standard InChI is InChI=1S/4C10H22O.C2H2O4S/c4*1-3-5-7-9-11-10-8-6-4-2;3-1-7(5,6)2-4/h4*3-10H2,1-2H3;1-2H. The first-order valence-corrected chi connectivity index (χ1v) is 22.9. The highest BCUT2D eigenvalue weighted by atomic mass is 32.2. The predicted molar refractivity (Wildman–Crippen MR) is 222 cm³/mol. The minimum absolute atomic E-state index is 0.403. The van der Waals surface area contributed by atoms with Gasteiger partial charge in [-0.25, -0.2) is 8.42 Å². The average molecular weight is 755 g/mol. The summed E-state index contributed by atoms with van der Waals surface area (Å²) in [6.07, 6.45) is 30.7. The van der Waals surface area contributed by atoms with Gasteiger partial charge in [0.15, 0.2) is 0 Å². The van der Waals surface area contributed by atoms with Crippen LogP contribution in [-0.4, -0.2) is 72.5 Å². The van der Waals surface area contributed by atoms with E-state index in [0.29, 0.717) is 0 Å². The maximum atomic E-state index is 9.63. The normalized spacial score (nSPS) is 10.4. The van der Waals surface area contributed by atoms with Crippen LogP contribution in [0, 0.1) is 0 Å². The number of hydrogen-bond acceptors (Lipinski definition) is 8. The Kier molecular flexibility index (Phi) is 71.3. The van der Waals surface area contributed by atoms with Crippen LogP contribution in [-0.2, 0) is 38.4 Å². The monoisotopic (exact) mass is 755 g/mol. The van der Waals surface area contributed by atoms with Gasteiger partial charge in [0.2, 0.25) is 11.2 Å². The maximum absolute atomic E-state index is 9.63. The van der Waals surface area contributed by atoms with Crippen LogP contribution < -0.4 is 0 Å². The average Bonchev–Trinajstić information content (AvgIpc) is 3.14. The van der Waals surface area contributed by atoms with Crippen molar-refractivity contribution in [1.29, 1.82) is 0 Å². The van der Waals surface area contributed by atoms with Crippen molar-refractivity contribution in [1.82, 2.24) is 0 Å². The van der Waals surface area contributed by atoms with E-state index < -0.39 is 21.1 Å². The van der Waals surface area contributed by atoms with Crippen LogP contribution in [0.1, 0.15) is 209 Å². The first-order chi connectivity index (χ1) is 24.8. The number of rotatable bonds is 34. The Balaban J connectivity index is -0.000000174. The molecule has 0 bridgehead atoms. The third kappa shape index (κ3) is 79.2. The van der Waals surface area contributed by atoms with Gasteiger partial charge in [-0.2, -0.15) is 0 Å². The lowest BCUT2D eigenvalue weighted by Gasteiger charge is -2.01. The van der Waals surface area contributed by atoms with Gasteiger partial charge in [0.25, 0.3) is 9.84 Å². The van der Waals surface area contributed by atoms with E-state index in [4.69, 9.17) is 18.9 Å². The van der Waals surface area contributed by atoms with Gasteiger partial charge < -0.3 is 18.9 Å². The van der Waals surface area contributed by atoms with Crippen molar-refractivity contribution in [2.45, 2.75) is 209 Å². The molecule has 0 aliphatic rings. The zero-order valence-corrected chi connectivity index (χ0v) is 36.3. The molecule has 0 aromatic rings. The van der Waals surface area contributed by atoms with Gasteiger partial charge in [0, 0.05) is 52.9 Å². The lowest BCUT2D eigenvalue weighted by molar-refractivity contribution is 0.126. The molecule has 0 unspecified atom stereocenters. The molecule has 0 N–H and O–H groups in total. The Bertz CT molecular complexity index is 556. The van der Waals surface area contributed by atoms with Crippen molar-refractivity contribution in [2.75, 3.05) is 52.9 Å². The van der Waals surface area contributed by atoms with Gasteiger partial charge in [0.05, 0.1) is 0 Å². The van der Waals surface area contributed by atoms with Gasteiger partial charge in [-0.3, -0.25) is 9.59 Å². The molecule has 9 heteroatoms. The van der Waals surface area contributed by atoms with E-state index in [1.54, 1.807) is 0 Å². The van der Waals surface area contributed by atoms with Crippen molar-refractivity contribution < 1.29 is 37.0 Å². The summed E-state index contributed by atoms with van der Waals surface area (Å²) in [5.41, 5.74) is -0.806. The zero-order chi connectivity index (χ0) is 39.4. The Morgan fingerprint density at radius 3 is 0.510 bits per heavy atom.